The van der Waals surface area contributed by atoms with Crippen LogP contribution in [0.4, 0.5) is 0 Å². The highest BCUT2D eigenvalue weighted by atomic mass is 32.2. The predicted octanol–water partition coefficient (Wildman–Crippen LogP) is 6.57. The second kappa shape index (κ2) is 5.83. The van der Waals surface area contributed by atoms with Crippen LogP contribution in [0.3, 0.4) is 0 Å². The highest BCUT2D eigenvalue weighted by Gasteiger charge is 2.43. The first kappa shape index (κ1) is 16.8. The van der Waals surface area contributed by atoms with Gasteiger partial charge in [-0.25, -0.2) is 0 Å². The van der Waals surface area contributed by atoms with Gasteiger partial charge in [-0.2, -0.15) is 0 Å². The molecule has 2 unspecified atom stereocenters. The molecule has 0 fully saturated rings. The van der Waals surface area contributed by atoms with E-state index in [1.807, 2.05) is 11.8 Å². The molecule has 0 spiro atoms. The average molecular weight is 408 g/mol. The van der Waals surface area contributed by atoms with Gasteiger partial charge in [-0.15, -0.1) is 11.8 Å². The van der Waals surface area contributed by atoms with Crippen LogP contribution >= 0.6 is 11.8 Å². The maximum Gasteiger partial charge on any atom is 0.132 e. The third kappa shape index (κ3) is 2.06. The van der Waals surface area contributed by atoms with Crippen molar-refractivity contribution in [2.45, 2.75) is 28.9 Å². The number of hydrogen-bond donors (Lipinski definition) is 0. The van der Waals surface area contributed by atoms with Gasteiger partial charge in [0, 0.05) is 33.1 Å². The summed E-state index contributed by atoms with van der Waals surface area (Å²) in [6.07, 6.45) is 8.19. The van der Waals surface area contributed by atoms with E-state index in [1.54, 1.807) is 0 Å². The van der Waals surface area contributed by atoms with Crippen molar-refractivity contribution in [1.29, 1.82) is 0 Å². The number of para-hydroxylation sites is 1. The molecular weight excluding hydrogens is 386 g/mol. The van der Waals surface area contributed by atoms with Crippen LogP contribution in [0.5, 0.6) is 5.75 Å². The molecule has 1 aliphatic carbocycles. The summed E-state index contributed by atoms with van der Waals surface area (Å²) in [5.74, 6) is 1.08. The topological polar surface area (TPSA) is 14.2 Å². The lowest BCUT2D eigenvalue weighted by atomic mass is 9.76. The van der Waals surface area contributed by atoms with Crippen LogP contribution in [-0.4, -0.2) is 16.4 Å². The smallest absolute Gasteiger partial charge is 0.132 e. The number of nitrogens with zero attached hydrogens (tertiary/aromatic N) is 1. The normalized spacial score (nSPS) is 23.9. The third-order valence-electron chi connectivity index (χ3n) is 6.95. The zero-order chi connectivity index (χ0) is 19.9. The summed E-state index contributed by atoms with van der Waals surface area (Å²) in [7, 11) is 0. The summed E-state index contributed by atoms with van der Waals surface area (Å²) in [6, 6.07) is 22.1. The van der Waals surface area contributed by atoms with Gasteiger partial charge in [0.15, 0.2) is 0 Å². The minimum Gasteiger partial charge on any atom is -0.492 e. The second-order valence-corrected chi connectivity index (χ2v) is 9.83. The van der Waals surface area contributed by atoms with Crippen molar-refractivity contribution in [2.75, 3.05) is 6.61 Å². The van der Waals surface area contributed by atoms with E-state index >= 15 is 0 Å². The molecule has 2 aliphatic heterocycles. The molecule has 3 aliphatic rings. The lowest BCUT2D eigenvalue weighted by Gasteiger charge is -2.31. The summed E-state index contributed by atoms with van der Waals surface area (Å²) in [5.41, 5.74) is 6.48. The van der Waals surface area contributed by atoms with E-state index in [1.165, 1.54) is 43.5 Å². The number of allylic oxidation sites excluding steroid dienone is 3. The quantitative estimate of drug-likeness (QED) is 0.354. The Morgan fingerprint density at radius 1 is 1.00 bits per heavy atom. The lowest BCUT2D eigenvalue weighted by Crippen LogP contribution is -2.29. The van der Waals surface area contributed by atoms with E-state index < -0.39 is 0 Å². The van der Waals surface area contributed by atoms with Crippen molar-refractivity contribution in [2.24, 2.45) is 0 Å². The standard InChI is InChI=1S/C27H21NOS/c1-27-16-18(11-13-24(27)30-23-9-5-3-7-20(23)27)28-21-8-4-2-6-19(21)25-22(28)12-10-17-14-15-29-26(17)25/h2-13,16,24H,14-15H2,1H3. The lowest BCUT2D eigenvalue weighted by molar-refractivity contribution is 0.360. The summed E-state index contributed by atoms with van der Waals surface area (Å²) in [5, 5.41) is 2.97. The molecule has 0 radical (unpaired) electrons. The molecule has 3 heteroatoms. The number of aromatic nitrogens is 1. The van der Waals surface area contributed by atoms with Crippen LogP contribution in [-0.2, 0) is 11.8 Å². The fourth-order valence-electron chi connectivity index (χ4n) is 5.48. The van der Waals surface area contributed by atoms with Crippen molar-refractivity contribution in [3.63, 3.8) is 0 Å². The van der Waals surface area contributed by atoms with E-state index in [-0.39, 0.29) is 5.41 Å². The Hall–Kier alpha value is -2.91. The number of benzene rings is 3. The molecule has 4 aromatic rings. The average Bonchev–Trinajstić information content (AvgIpc) is 3.44. The maximum absolute atomic E-state index is 6.10. The van der Waals surface area contributed by atoms with Crippen molar-refractivity contribution >= 4 is 39.3 Å². The van der Waals surface area contributed by atoms with Crippen molar-refractivity contribution in [3.05, 3.63) is 90.0 Å². The minimum atomic E-state index is -0.00370. The van der Waals surface area contributed by atoms with Gasteiger partial charge in [0.1, 0.15) is 5.75 Å². The van der Waals surface area contributed by atoms with Gasteiger partial charge in [0.2, 0.25) is 0 Å². The molecule has 0 N–H and O–H groups in total. The van der Waals surface area contributed by atoms with Crippen LogP contribution in [0, 0.1) is 0 Å². The second-order valence-electron chi connectivity index (χ2n) is 8.64. The monoisotopic (exact) mass is 407 g/mol. The van der Waals surface area contributed by atoms with Crippen LogP contribution < -0.4 is 4.74 Å². The van der Waals surface area contributed by atoms with Gasteiger partial charge in [0.25, 0.3) is 0 Å². The third-order valence-corrected chi connectivity index (χ3v) is 8.46. The SMILES string of the molecule is CC12C=C(n3c4ccccc4c4c5c(ccc43)CCO5)C=CC1Sc1ccccc12. The molecule has 1 aromatic heterocycles. The molecule has 7 rings (SSSR count). The number of ether oxygens (including phenoxy) is 1. The molecule has 2 nitrogen and oxygen atoms in total. The zero-order valence-electron chi connectivity index (χ0n) is 16.8. The fraction of sp³-hybridized carbons (Fsp3) is 0.185. The van der Waals surface area contributed by atoms with Gasteiger partial charge in [0.05, 0.1) is 23.0 Å². The molecule has 0 bridgehead atoms. The van der Waals surface area contributed by atoms with Crippen molar-refractivity contribution in [1.82, 2.24) is 4.57 Å². The van der Waals surface area contributed by atoms with Crippen LogP contribution in [0.15, 0.2) is 83.8 Å². The molecule has 3 aromatic carbocycles. The van der Waals surface area contributed by atoms with E-state index in [9.17, 15) is 0 Å². The molecular formula is C27H21NOS. The predicted molar refractivity (Wildman–Crippen MR) is 125 cm³/mol. The first-order valence-corrected chi connectivity index (χ1v) is 11.5. The Labute approximate surface area is 179 Å². The van der Waals surface area contributed by atoms with Crippen LogP contribution in [0.1, 0.15) is 18.1 Å². The largest absolute Gasteiger partial charge is 0.492 e. The molecule has 0 saturated carbocycles. The number of thioether (sulfide) groups is 1. The summed E-state index contributed by atoms with van der Waals surface area (Å²) >= 11 is 1.98. The van der Waals surface area contributed by atoms with Crippen molar-refractivity contribution in [3.8, 4) is 5.75 Å². The van der Waals surface area contributed by atoms with Gasteiger partial charge in [-0.1, -0.05) is 55.5 Å². The maximum atomic E-state index is 6.10. The van der Waals surface area contributed by atoms with E-state index in [0.29, 0.717) is 5.25 Å². The summed E-state index contributed by atoms with van der Waals surface area (Å²) in [4.78, 5) is 1.40. The Kier molecular flexibility index (Phi) is 3.27. The Bertz CT molecular complexity index is 1430. The highest BCUT2D eigenvalue weighted by Crippen LogP contribution is 2.53. The van der Waals surface area contributed by atoms with Gasteiger partial charge >= 0.3 is 0 Å². The molecule has 2 atom stereocenters. The van der Waals surface area contributed by atoms with Gasteiger partial charge in [-0.3, -0.25) is 0 Å². The first-order valence-electron chi connectivity index (χ1n) is 10.6. The minimum absolute atomic E-state index is 0.00370. The Morgan fingerprint density at radius 2 is 1.87 bits per heavy atom. The number of rotatable bonds is 1. The van der Waals surface area contributed by atoms with E-state index in [4.69, 9.17) is 4.74 Å². The highest BCUT2D eigenvalue weighted by molar-refractivity contribution is 8.00. The first-order chi connectivity index (χ1) is 14.7. The van der Waals surface area contributed by atoms with E-state index in [0.717, 1.165) is 18.8 Å². The number of fused-ring (bicyclic) bond motifs is 8. The van der Waals surface area contributed by atoms with Gasteiger partial charge in [-0.05, 0) is 41.5 Å². The van der Waals surface area contributed by atoms with Gasteiger partial charge < -0.3 is 9.30 Å². The zero-order valence-corrected chi connectivity index (χ0v) is 17.6. The Balaban J connectivity index is 1.53. The van der Waals surface area contributed by atoms with E-state index in [2.05, 4.69) is 90.4 Å². The summed E-state index contributed by atoms with van der Waals surface area (Å²) in [6.45, 7) is 3.17. The Morgan fingerprint density at radius 3 is 2.83 bits per heavy atom. The molecule has 146 valence electrons. The summed E-state index contributed by atoms with van der Waals surface area (Å²) < 4.78 is 8.53. The number of hydrogen-bond acceptors (Lipinski definition) is 2. The van der Waals surface area contributed by atoms with Crippen molar-refractivity contribution < 1.29 is 4.74 Å². The van der Waals surface area contributed by atoms with Crippen LogP contribution in [0.25, 0.3) is 27.5 Å². The fourth-order valence-corrected chi connectivity index (χ4v) is 6.92. The molecule has 3 heterocycles. The van der Waals surface area contributed by atoms with Crippen LogP contribution in [0.2, 0.25) is 0 Å². The molecule has 0 amide bonds. The molecule has 30 heavy (non-hydrogen) atoms. The molecule has 0 saturated heterocycles.